The van der Waals surface area contributed by atoms with Gasteiger partial charge in [-0.2, -0.15) is 0 Å². The highest BCUT2D eigenvalue weighted by molar-refractivity contribution is 7.99. The van der Waals surface area contributed by atoms with Gasteiger partial charge >= 0.3 is 0 Å². The predicted octanol–water partition coefficient (Wildman–Crippen LogP) is 3.96. The van der Waals surface area contributed by atoms with Crippen LogP contribution in [0.5, 0.6) is 0 Å². The molecular weight excluding hydrogens is 416 g/mol. The molecule has 0 fully saturated rings. The van der Waals surface area contributed by atoms with Gasteiger partial charge in [0.05, 0.1) is 23.3 Å². The van der Waals surface area contributed by atoms with Crippen molar-refractivity contribution in [2.24, 2.45) is 0 Å². The van der Waals surface area contributed by atoms with E-state index in [1.54, 1.807) is 11.3 Å². The van der Waals surface area contributed by atoms with E-state index in [1.165, 1.54) is 27.8 Å². The van der Waals surface area contributed by atoms with Crippen LogP contribution in [0.15, 0.2) is 35.5 Å². The lowest BCUT2D eigenvalue weighted by molar-refractivity contribution is -0.119. The molecule has 0 radical (unpaired) electrons. The Balaban J connectivity index is 1.40. The number of nitrogens with two attached hydrogens (primary N) is 1. The van der Waals surface area contributed by atoms with Crippen LogP contribution in [0.4, 0.5) is 5.82 Å². The van der Waals surface area contributed by atoms with E-state index in [2.05, 4.69) is 41.3 Å². The molecule has 1 aromatic carbocycles. The van der Waals surface area contributed by atoms with Crippen LogP contribution in [0.3, 0.4) is 0 Å². The van der Waals surface area contributed by atoms with E-state index < -0.39 is 0 Å². The summed E-state index contributed by atoms with van der Waals surface area (Å²) in [5.74, 6) is 0.701. The van der Waals surface area contributed by atoms with Gasteiger partial charge in [0.1, 0.15) is 10.6 Å². The summed E-state index contributed by atoms with van der Waals surface area (Å²) in [5.41, 5.74) is 8.48. The molecule has 1 amide bonds. The molecule has 1 aliphatic heterocycles. The minimum absolute atomic E-state index is 0.0358. The molecule has 0 spiro atoms. The molecule has 0 bridgehead atoms. The molecule has 0 aliphatic carbocycles. The smallest absolute Gasteiger partial charge is 0.230 e. The van der Waals surface area contributed by atoms with Crippen molar-refractivity contribution in [2.45, 2.75) is 57.0 Å². The number of nitrogen functional groups attached to an aromatic ring is 1. The maximum absolute atomic E-state index is 12.4. The average Bonchev–Trinajstić information content (AvgIpc) is 3.04. The van der Waals surface area contributed by atoms with Crippen LogP contribution in [-0.2, 0) is 29.0 Å². The number of carbonyl (C=O) groups excluding carboxylic acids is 1. The third-order valence-corrected chi connectivity index (χ3v) is 7.01. The Kier molecular flexibility index (Phi) is 5.99. The van der Waals surface area contributed by atoms with Crippen molar-refractivity contribution >= 4 is 45.0 Å². The van der Waals surface area contributed by atoms with Crippen molar-refractivity contribution in [2.75, 3.05) is 11.5 Å². The average molecular weight is 443 g/mol. The first-order valence-electron chi connectivity index (χ1n) is 9.98. The fourth-order valence-corrected chi connectivity index (χ4v) is 5.51. The van der Waals surface area contributed by atoms with Crippen molar-refractivity contribution in [1.29, 1.82) is 0 Å². The topological polar surface area (TPSA) is 90.1 Å². The zero-order valence-corrected chi connectivity index (χ0v) is 19.0. The molecule has 0 saturated carbocycles. The molecule has 3 N–H and O–H groups in total. The van der Waals surface area contributed by atoms with Crippen LogP contribution in [0, 0.1) is 0 Å². The molecule has 4 rings (SSSR count). The SMILES string of the molecule is C[C@H](Cc1ccccc1)NC(=O)CSc1nc(N)c2c3c(sc2n1)COC(C)(C)C3. The van der Waals surface area contributed by atoms with Crippen LogP contribution >= 0.6 is 23.1 Å². The number of benzene rings is 1. The van der Waals surface area contributed by atoms with Crippen LogP contribution in [-0.4, -0.2) is 33.3 Å². The van der Waals surface area contributed by atoms with Crippen LogP contribution < -0.4 is 11.1 Å². The number of thiophene rings is 1. The Morgan fingerprint density at radius 3 is 2.87 bits per heavy atom. The zero-order chi connectivity index (χ0) is 21.3. The Hall–Kier alpha value is -2.16. The van der Waals surface area contributed by atoms with Crippen molar-refractivity contribution in [3.63, 3.8) is 0 Å². The molecule has 1 atom stereocenters. The van der Waals surface area contributed by atoms with Gasteiger partial charge in [0.2, 0.25) is 5.91 Å². The second kappa shape index (κ2) is 8.53. The number of aromatic nitrogens is 2. The van der Waals surface area contributed by atoms with E-state index in [-0.39, 0.29) is 23.3 Å². The Bertz CT molecular complexity index is 1070. The monoisotopic (exact) mass is 442 g/mol. The van der Waals surface area contributed by atoms with E-state index >= 15 is 0 Å². The summed E-state index contributed by atoms with van der Waals surface area (Å²) in [6, 6.07) is 10.2. The van der Waals surface area contributed by atoms with Gasteiger partial charge in [0.25, 0.3) is 0 Å². The quantitative estimate of drug-likeness (QED) is 0.444. The van der Waals surface area contributed by atoms with Crippen molar-refractivity contribution < 1.29 is 9.53 Å². The molecule has 6 nitrogen and oxygen atoms in total. The first kappa shape index (κ1) is 21.1. The second-order valence-electron chi connectivity index (χ2n) is 8.25. The van der Waals surface area contributed by atoms with Gasteiger partial charge in [-0.15, -0.1) is 11.3 Å². The molecule has 0 saturated heterocycles. The number of thioether (sulfide) groups is 1. The lowest BCUT2D eigenvalue weighted by Crippen LogP contribution is -2.35. The Morgan fingerprint density at radius 1 is 1.33 bits per heavy atom. The molecule has 30 heavy (non-hydrogen) atoms. The molecule has 3 aromatic rings. The maximum atomic E-state index is 12.4. The summed E-state index contributed by atoms with van der Waals surface area (Å²) in [6.45, 7) is 6.75. The summed E-state index contributed by atoms with van der Waals surface area (Å²) < 4.78 is 5.91. The van der Waals surface area contributed by atoms with E-state index in [0.717, 1.165) is 23.1 Å². The van der Waals surface area contributed by atoms with E-state index in [4.69, 9.17) is 10.5 Å². The number of anilines is 1. The van der Waals surface area contributed by atoms with Gasteiger partial charge in [0.15, 0.2) is 5.16 Å². The van der Waals surface area contributed by atoms with Gasteiger partial charge < -0.3 is 15.8 Å². The minimum atomic E-state index is -0.213. The molecular formula is C22H26N4O2S2. The van der Waals surface area contributed by atoms with Gasteiger partial charge in [0, 0.05) is 17.3 Å². The van der Waals surface area contributed by atoms with Crippen molar-refractivity contribution in [3.05, 3.63) is 46.3 Å². The number of amides is 1. The lowest BCUT2D eigenvalue weighted by Gasteiger charge is -2.30. The Labute approximate surface area is 184 Å². The third kappa shape index (κ3) is 4.77. The molecule has 3 heterocycles. The van der Waals surface area contributed by atoms with Gasteiger partial charge in [-0.05, 0) is 38.3 Å². The predicted molar refractivity (Wildman–Crippen MR) is 123 cm³/mol. The minimum Gasteiger partial charge on any atom is -0.383 e. The summed E-state index contributed by atoms with van der Waals surface area (Å²) in [4.78, 5) is 23.5. The lowest BCUT2D eigenvalue weighted by atomic mass is 9.94. The molecule has 8 heteroatoms. The molecule has 0 unspecified atom stereocenters. The normalized spacial score (nSPS) is 16.2. The van der Waals surface area contributed by atoms with Crippen molar-refractivity contribution in [3.8, 4) is 0 Å². The largest absolute Gasteiger partial charge is 0.383 e. The van der Waals surface area contributed by atoms with E-state index in [9.17, 15) is 4.79 Å². The number of rotatable bonds is 6. The highest BCUT2D eigenvalue weighted by Crippen LogP contribution is 2.40. The second-order valence-corrected chi connectivity index (χ2v) is 10.3. The molecule has 158 valence electrons. The molecule has 1 aliphatic rings. The standard InChI is InChI=1S/C22H26N4O2S2/c1-13(9-14-7-5-4-6-8-14)24-17(27)12-29-21-25-19(23)18-15-10-22(2,3)28-11-16(15)30-20(18)26-21/h4-8,13H,9-12H2,1-3H3,(H,24,27)(H2,23,25,26)/t13-/m1/s1. The summed E-state index contributed by atoms with van der Waals surface area (Å²) >= 11 is 2.92. The first-order valence-corrected chi connectivity index (χ1v) is 11.8. The summed E-state index contributed by atoms with van der Waals surface area (Å²) in [5, 5.41) is 4.51. The van der Waals surface area contributed by atoms with Crippen molar-refractivity contribution in [1.82, 2.24) is 15.3 Å². The van der Waals surface area contributed by atoms with Gasteiger partial charge in [-0.1, -0.05) is 42.1 Å². The number of hydrogen-bond acceptors (Lipinski definition) is 7. The van der Waals surface area contributed by atoms with Crippen LogP contribution in [0.25, 0.3) is 10.2 Å². The summed E-state index contributed by atoms with van der Waals surface area (Å²) in [7, 11) is 0. The zero-order valence-electron chi connectivity index (χ0n) is 17.4. The first-order chi connectivity index (χ1) is 14.3. The van der Waals surface area contributed by atoms with E-state index in [1.807, 2.05) is 25.1 Å². The fourth-order valence-electron chi connectivity index (χ4n) is 3.68. The van der Waals surface area contributed by atoms with E-state index in [0.29, 0.717) is 17.6 Å². The number of nitrogens with zero attached hydrogens (tertiary/aromatic N) is 2. The van der Waals surface area contributed by atoms with Gasteiger partial charge in [-0.25, -0.2) is 9.97 Å². The highest BCUT2D eigenvalue weighted by Gasteiger charge is 2.30. The number of hydrogen-bond donors (Lipinski definition) is 2. The maximum Gasteiger partial charge on any atom is 0.230 e. The van der Waals surface area contributed by atoms with Crippen LogP contribution in [0.1, 0.15) is 36.8 Å². The summed E-state index contributed by atoms with van der Waals surface area (Å²) in [6.07, 6.45) is 1.59. The fraction of sp³-hybridized carbons (Fsp3) is 0.409. The highest BCUT2D eigenvalue weighted by atomic mass is 32.2. The number of ether oxygens (including phenoxy) is 1. The van der Waals surface area contributed by atoms with Gasteiger partial charge in [-0.3, -0.25) is 4.79 Å². The number of nitrogens with one attached hydrogen (secondary N) is 1. The molecule has 2 aromatic heterocycles. The van der Waals surface area contributed by atoms with Crippen LogP contribution in [0.2, 0.25) is 0 Å². The Morgan fingerprint density at radius 2 is 2.10 bits per heavy atom. The number of fused-ring (bicyclic) bond motifs is 3. The number of carbonyl (C=O) groups is 1. The third-order valence-electron chi connectivity index (χ3n) is 5.06.